The normalized spacial score (nSPS) is 10.2. The molecule has 0 atom stereocenters. The number of para-hydroxylation sites is 1. The van der Waals surface area contributed by atoms with Gasteiger partial charge in [-0.15, -0.1) is 0 Å². The Morgan fingerprint density at radius 3 is 2.42 bits per heavy atom. The third-order valence-electron chi connectivity index (χ3n) is 3.25. The van der Waals surface area contributed by atoms with Crippen LogP contribution >= 0.6 is 0 Å². The van der Waals surface area contributed by atoms with E-state index < -0.39 is 11.7 Å². The molecule has 0 fully saturated rings. The summed E-state index contributed by atoms with van der Waals surface area (Å²) >= 11 is 0. The van der Waals surface area contributed by atoms with E-state index in [2.05, 4.69) is 15.6 Å². The second kappa shape index (κ2) is 6.87. The predicted molar refractivity (Wildman–Crippen MR) is 88.3 cm³/mol. The summed E-state index contributed by atoms with van der Waals surface area (Å²) in [5.74, 6) is -1.38. The molecular weight excluding hydrogens is 312 g/mol. The van der Waals surface area contributed by atoms with E-state index in [-0.39, 0.29) is 17.2 Å². The lowest BCUT2D eigenvalue weighted by molar-refractivity contribution is 0.102. The summed E-state index contributed by atoms with van der Waals surface area (Å²) in [4.78, 5) is 16.2. The number of rotatable bonds is 4. The minimum atomic E-state index is -0.525. The van der Waals surface area contributed by atoms with Gasteiger partial charge in [-0.1, -0.05) is 12.1 Å². The predicted octanol–water partition coefficient (Wildman–Crippen LogP) is 4.36. The second-order valence-electron chi connectivity index (χ2n) is 5.00. The van der Waals surface area contributed by atoms with Crippen LogP contribution in [0, 0.1) is 11.6 Å². The number of amides is 1. The first-order valence-electron chi connectivity index (χ1n) is 7.16. The van der Waals surface area contributed by atoms with Gasteiger partial charge in [0.1, 0.15) is 17.3 Å². The minimum Gasteiger partial charge on any atom is -0.355 e. The van der Waals surface area contributed by atoms with Crippen molar-refractivity contribution >= 4 is 23.0 Å². The van der Waals surface area contributed by atoms with Crippen LogP contribution in [0.3, 0.4) is 0 Å². The van der Waals surface area contributed by atoms with Gasteiger partial charge in [-0.25, -0.2) is 8.78 Å². The van der Waals surface area contributed by atoms with Crippen LogP contribution in [0.1, 0.15) is 10.5 Å². The quantitative estimate of drug-likeness (QED) is 0.749. The van der Waals surface area contributed by atoms with Crippen molar-refractivity contribution < 1.29 is 13.6 Å². The van der Waals surface area contributed by atoms with Crippen LogP contribution in [0.15, 0.2) is 66.9 Å². The van der Waals surface area contributed by atoms with E-state index in [1.54, 1.807) is 24.3 Å². The first-order chi connectivity index (χ1) is 11.6. The van der Waals surface area contributed by atoms with Gasteiger partial charge in [0.2, 0.25) is 0 Å². The Hall–Kier alpha value is -3.28. The molecule has 1 amide bonds. The molecule has 0 spiro atoms. The van der Waals surface area contributed by atoms with Crippen LogP contribution in [0.5, 0.6) is 0 Å². The summed E-state index contributed by atoms with van der Waals surface area (Å²) in [7, 11) is 0. The van der Waals surface area contributed by atoms with E-state index in [9.17, 15) is 13.6 Å². The van der Waals surface area contributed by atoms with Gasteiger partial charge in [-0.05, 0) is 48.5 Å². The average Bonchev–Trinajstić information content (AvgIpc) is 2.59. The highest BCUT2D eigenvalue weighted by atomic mass is 19.1. The maximum Gasteiger partial charge on any atom is 0.274 e. The first-order valence-corrected chi connectivity index (χ1v) is 7.16. The molecule has 2 aromatic carbocycles. The smallest absolute Gasteiger partial charge is 0.274 e. The number of halogens is 2. The number of hydrogen-bond donors (Lipinski definition) is 2. The molecule has 0 aliphatic rings. The maximum absolute atomic E-state index is 13.6. The van der Waals surface area contributed by atoms with Crippen LogP contribution in [0.2, 0.25) is 0 Å². The number of pyridine rings is 1. The number of anilines is 3. The Labute approximate surface area is 137 Å². The van der Waals surface area contributed by atoms with Crippen LogP contribution in [0.4, 0.5) is 25.8 Å². The Kier molecular flexibility index (Phi) is 4.47. The van der Waals surface area contributed by atoms with Gasteiger partial charge in [0.05, 0.1) is 5.69 Å². The van der Waals surface area contributed by atoms with Crippen molar-refractivity contribution in [1.82, 2.24) is 4.98 Å². The largest absolute Gasteiger partial charge is 0.355 e. The summed E-state index contributed by atoms with van der Waals surface area (Å²) in [6.45, 7) is 0. The van der Waals surface area contributed by atoms with E-state index in [0.717, 1.165) is 0 Å². The molecule has 0 bridgehead atoms. The Morgan fingerprint density at radius 2 is 1.67 bits per heavy atom. The third-order valence-corrected chi connectivity index (χ3v) is 3.25. The average molecular weight is 325 g/mol. The van der Waals surface area contributed by atoms with E-state index in [1.165, 1.54) is 42.6 Å². The van der Waals surface area contributed by atoms with Crippen molar-refractivity contribution in [2.24, 2.45) is 0 Å². The van der Waals surface area contributed by atoms with Crippen molar-refractivity contribution in [2.75, 3.05) is 10.6 Å². The van der Waals surface area contributed by atoms with Gasteiger partial charge in [0.25, 0.3) is 5.91 Å². The summed E-state index contributed by atoms with van der Waals surface area (Å²) in [6, 6.07) is 14.9. The molecular formula is C18H13F2N3O. The fourth-order valence-corrected chi connectivity index (χ4v) is 2.08. The lowest BCUT2D eigenvalue weighted by Crippen LogP contribution is -2.14. The molecule has 120 valence electrons. The fourth-order valence-electron chi connectivity index (χ4n) is 2.08. The highest BCUT2D eigenvalue weighted by molar-refractivity contribution is 6.03. The molecule has 0 saturated heterocycles. The SMILES string of the molecule is O=C(Nc1ccccc1F)c1cc(Nc2ccc(F)cc2)ccn1. The molecule has 0 aliphatic heterocycles. The van der Waals surface area contributed by atoms with Gasteiger partial charge >= 0.3 is 0 Å². The molecule has 3 rings (SSSR count). The standard InChI is InChI=1S/C18H13F2N3O/c19-12-5-7-13(8-6-12)22-14-9-10-21-17(11-14)18(24)23-16-4-2-1-3-15(16)20/h1-11H,(H,21,22)(H,23,24). The van der Waals surface area contributed by atoms with Gasteiger partial charge in [0, 0.05) is 17.6 Å². The number of nitrogens with one attached hydrogen (secondary N) is 2. The number of carbonyl (C=O) groups is 1. The van der Waals surface area contributed by atoms with Gasteiger partial charge < -0.3 is 10.6 Å². The van der Waals surface area contributed by atoms with Crippen molar-refractivity contribution in [3.8, 4) is 0 Å². The summed E-state index contributed by atoms with van der Waals surface area (Å²) in [6.07, 6.45) is 1.46. The van der Waals surface area contributed by atoms with Gasteiger partial charge in [-0.3, -0.25) is 9.78 Å². The Bertz CT molecular complexity index is 866. The fraction of sp³-hybridized carbons (Fsp3) is 0. The van der Waals surface area contributed by atoms with E-state index in [1.807, 2.05) is 0 Å². The molecule has 6 heteroatoms. The summed E-state index contributed by atoms with van der Waals surface area (Å²) in [5.41, 5.74) is 1.49. The summed E-state index contributed by atoms with van der Waals surface area (Å²) < 4.78 is 26.5. The molecule has 0 saturated carbocycles. The number of aromatic nitrogens is 1. The van der Waals surface area contributed by atoms with Crippen LogP contribution in [0.25, 0.3) is 0 Å². The molecule has 1 heterocycles. The van der Waals surface area contributed by atoms with E-state index in [0.29, 0.717) is 11.4 Å². The molecule has 24 heavy (non-hydrogen) atoms. The highest BCUT2D eigenvalue weighted by Crippen LogP contribution is 2.18. The van der Waals surface area contributed by atoms with E-state index >= 15 is 0 Å². The van der Waals surface area contributed by atoms with Crippen LogP contribution in [-0.4, -0.2) is 10.9 Å². The molecule has 2 N–H and O–H groups in total. The minimum absolute atomic E-state index is 0.0844. The zero-order valence-corrected chi connectivity index (χ0v) is 12.5. The zero-order valence-electron chi connectivity index (χ0n) is 12.5. The topological polar surface area (TPSA) is 54.0 Å². The third kappa shape index (κ3) is 3.73. The lowest BCUT2D eigenvalue weighted by Gasteiger charge is -2.09. The van der Waals surface area contributed by atoms with Crippen LogP contribution in [-0.2, 0) is 0 Å². The van der Waals surface area contributed by atoms with Crippen molar-refractivity contribution in [1.29, 1.82) is 0 Å². The van der Waals surface area contributed by atoms with E-state index in [4.69, 9.17) is 0 Å². The molecule has 0 unspecified atom stereocenters. The number of carbonyl (C=O) groups excluding carboxylic acids is 1. The number of hydrogen-bond acceptors (Lipinski definition) is 3. The zero-order chi connectivity index (χ0) is 16.9. The van der Waals surface area contributed by atoms with Crippen LogP contribution < -0.4 is 10.6 Å². The van der Waals surface area contributed by atoms with Crippen molar-refractivity contribution in [3.63, 3.8) is 0 Å². The Morgan fingerprint density at radius 1 is 0.917 bits per heavy atom. The summed E-state index contributed by atoms with van der Waals surface area (Å²) in [5, 5.41) is 5.51. The second-order valence-corrected chi connectivity index (χ2v) is 5.00. The number of nitrogens with zero attached hydrogens (tertiary/aromatic N) is 1. The molecule has 3 aromatic rings. The molecule has 1 aromatic heterocycles. The molecule has 0 aliphatic carbocycles. The first kappa shape index (κ1) is 15.6. The monoisotopic (exact) mass is 325 g/mol. The van der Waals surface area contributed by atoms with Gasteiger partial charge in [-0.2, -0.15) is 0 Å². The highest BCUT2D eigenvalue weighted by Gasteiger charge is 2.11. The molecule has 4 nitrogen and oxygen atoms in total. The lowest BCUT2D eigenvalue weighted by atomic mass is 10.2. The number of benzene rings is 2. The van der Waals surface area contributed by atoms with Crippen molar-refractivity contribution in [3.05, 3.63) is 84.2 Å². The van der Waals surface area contributed by atoms with Crippen molar-refractivity contribution in [2.45, 2.75) is 0 Å². The Balaban J connectivity index is 1.76. The van der Waals surface area contributed by atoms with Gasteiger partial charge in [0.15, 0.2) is 0 Å². The molecule has 0 radical (unpaired) electrons. The maximum atomic E-state index is 13.6.